The molecule has 0 aliphatic carbocycles. The van der Waals surface area contributed by atoms with Crippen molar-refractivity contribution in [2.45, 2.75) is 23.7 Å². The fraction of sp³-hybridized carbons (Fsp3) is 0.250. The Labute approximate surface area is 108 Å². The minimum absolute atomic E-state index is 0.222. The molecule has 0 aliphatic rings. The van der Waals surface area contributed by atoms with Crippen molar-refractivity contribution >= 4 is 23.1 Å². The molecule has 0 bridgehead atoms. The van der Waals surface area contributed by atoms with Gasteiger partial charge in [0.25, 0.3) is 0 Å². The average Bonchev–Trinajstić information content (AvgIpc) is 2.77. The second-order valence-electron chi connectivity index (χ2n) is 3.57. The molecule has 1 aromatic heterocycles. The van der Waals surface area contributed by atoms with Crippen molar-refractivity contribution in [1.29, 1.82) is 0 Å². The summed E-state index contributed by atoms with van der Waals surface area (Å²) in [6, 6.07) is 6.41. The number of halogens is 1. The molecule has 1 N–H and O–H groups in total. The van der Waals surface area contributed by atoms with Crippen molar-refractivity contribution in [1.82, 2.24) is 4.98 Å². The quantitative estimate of drug-likeness (QED) is 0.860. The van der Waals surface area contributed by atoms with E-state index in [9.17, 15) is 9.50 Å². The van der Waals surface area contributed by atoms with Crippen molar-refractivity contribution in [3.8, 4) is 0 Å². The third-order valence-electron chi connectivity index (χ3n) is 2.16. The van der Waals surface area contributed by atoms with Gasteiger partial charge in [-0.3, -0.25) is 0 Å². The Bertz CT molecular complexity index is 482. The smallest absolute Gasteiger partial charge is 0.123 e. The van der Waals surface area contributed by atoms with Crippen molar-refractivity contribution in [3.05, 3.63) is 46.2 Å². The van der Waals surface area contributed by atoms with Crippen LogP contribution in [0.4, 0.5) is 4.39 Å². The second-order valence-corrected chi connectivity index (χ2v) is 5.77. The number of rotatable bonds is 4. The maximum Gasteiger partial charge on any atom is 0.123 e. The lowest BCUT2D eigenvalue weighted by Gasteiger charge is -1.99. The van der Waals surface area contributed by atoms with E-state index in [1.165, 1.54) is 23.5 Å². The van der Waals surface area contributed by atoms with Crippen LogP contribution < -0.4 is 0 Å². The lowest BCUT2D eigenvalue weighted by atomic mass is 10.4. The van der Waals surface area contributed by atoms with Gasteiger partial charge in [-0.05, 0) is 31.2 Å². The highest BCUT2D eigenvalue weighted by atomic mass is 32.2. The second kappa shape index (κ2) is 5.62. The fourth-order valence-electron chi connectivity index (χ4n) is 1.26. The van der Waals surface area contributed by atoms with Crippen LogP contribution in [0.15, 0.2) is 35.4 Å². The number of hydrogen-bond donors (Lipinski definition) is 1. The molecular formula is C12H12FNOS2. The van der Waals surface area contributed by atoms with Crippen molar-refractivity contribution < 1.29 is 9.50 Å². The highest BCUT2D eigenvalue weighted by molar-refractivity contribution is 7.98. The summed E-state index contributed by atoms with van der Waals surface area (Å²) in [5, 5.41) is 10.3. The molecule has 0 radical (unpaired) electrons. The number of thioether (sulfide) groups is 1. The summed E-state index contributed by atoms with van der Waals surface area (Å²) in [5.41, 5.74) is 0. The van der Waals surface area contributed by atoms with Crippen LogP contribution in [-0.4, -0.2) is 10.1 Å². The molecule has 0 fully saturated rings. The van der Waals surface area contributed by atoms with Gasteiger partial charge < -0.3 is 5.11 Å². The fourth-order valence-corrected chi connectivity index (χ4v) is 3.02. The number of benzene rings is 1. The number of aliphatic hydroxyl groups is 1. The molecule has 17 heavy (non-hydrogen) atoms. The third-order valence-corrected chi connectivity index (χ3v) is 4.53. The molecule has 2 rings (SSSR count). The summed E-state index contributed by atoms with van der Waals surface area (Å²) in [7, 11) is 0. The minimum atomic E-state index is -0.461. The molecule has 5 heteroatoms. The Morgan fingerprint density at radius 3 is 2.71 bits per heavy atom. The zero-order valence-corrected chi connectivity index (χ0v) is 10.9. The molecule has 1 heterocycles. The van der Waals surface area contributed by atoms with Gasteiger partial charge in [-0.15, -0.1) is 23.1 Å². The van der Waals surface area contributed by atoms with E-state index in [0.717, 1.165) is 20.5 Å². The van der Waals surface area contributed by atoms with E-state index < -0.39 is 6.10 Å². The summed E-state index contributed by atoms with van der Waals surface area (Å²) < 4.78 is 12.7. The predicted octanol–water partition coefficient (Wildman–Crippen LogP) is 3.63. The Hall–Kier alpha value is -0.910. The zero-order chi connectivity index (χ0) is 12.3. The van der Waals surface area contributed by atoms with Crippen LogP contribution in [0.1, 0.15) is 22.9 Å². The number of aliphatic hydroxyl groups excluding tert-OH is 1. The highest BCUT2D eigenvalue weighted by Crippen LogP contribution is 2.27. The summed E-state index contributed by atoms with van der Waals surface area (Å²) >= 11 is 3.11. The first-order chi connectivity index (χ1) is 8.15. The highest BCUT2D eigenvalue weighted by Gasteiger charge is 2.07. The summed E-state index contributed by atoms with van der Waals surface area (Å²) in [6.07, 6.45) is 1.24. The molecule has 0 aliphatic heterocycles. The Morgan fingerprint density at radius 2 is 2.12 bits per heavy atom. The van der Waals surface area contributed by atoms with Gasteiger partial charge in [-0.2, -0.15) is 0 Å². The number of aromatic nitrogens is 1. The molecule has 0 amide bonds. The molecule has 0 saturated carbocycles. The van der Waals surface area contributed by atoms with E-state index in [2.05, 4.69) is 4.98 Å². The van der Waals surface area contributed by atoms with Gasteiger partial charge in [0.05, 0.1) is 16.7 Å². The van der Waals surface area contributed by atoms with E-state index >= 15 is 0 Å². The standard InChI is InChI=1S/C12H12FNOS2/c1-8(15)11-6-14-12(17-11)7-16-10-4-2-9(13)3-5-10/h2-6,8,15H,7H2,1H3. The van der Waals surface area contributed by atoms with Gasteiger partial charge in [-0.25, -0.2) is 9.37 Å². The molecule has 2 aromatic rings. The van der Waals surface area contributed by atoms with Crippen LogP contribution in [-0.2, 0) is 5.75 Å². The Balaban J connectivity index is 1.95. The summed E-state index contributed by atoms with van der Waals surface area (Å²) in [6.45, 7) is 1.73. The number of hydrogen-bond acceptors (Lipinski definition) is 4. The van der Waals surface area contributed by atoms with Crippen LogP contribution in [0, 0.1) is 5.82 Å². The molecule has 1 aromatic carbocycles. The Kier molecular flexibility index (Phi) is 4.15. The maximum absolute atomic E-state index is 12.7. The Morgan fingerprint density at radius 1 is 1.41 bits per heavy atom. The van der Waals surface area contributed by atoms with E-state index in [1.54, 1.807) is 37.0 Å². The van der Waals surface area contributed by atoms with E-state index in [0.29, 0.717) is 0 Å². The van der Waals surface area contributed by atoms with Crippen LogP contribution in [0.5, 0.6) is 0 Å². The molecular weight excluding hydrogens is 257 g/mol. The molecule has 1 atom stereocenters. The van der Waals surface area contributed by atoms with Gasteiger partial charge in [-0.1, -0.05) is 0 Å². The maximum atomic E-state index is 12.7. The predicted molar refractivity (Wildman–Crippen MR) is 68.7 cm³/mol. The minimum Gasteiger partial charge on any atom is -0.388 e. The van der Waals surface area contributed by atoms with Crippen LogP contribution in [0.25, 0.3) is 0 Å². The van der Waals surface area contributed by atoms with E-state index in [1.807, 2.05) is 0 Å². The SMILES string of the molecule is CC(O)c1cnc(CSc2ccc(F)cc2)s1. The largest absolute Gasteiger partial charge is 0.388 e. The van der Waals surface area contributed by atoms with Gasteiger partial charge in [0.1, 0.15) is 10.8 Å². The van der Waals surface area contributed by atoms with Crippen LogP contribution in [0.3, 0.4) is 0 Å². The normalized spacial score (nSPS) is 12.6. The van der Waals surface area contributed by atoms with Gasteiger partial charge in [0, 0.05) is 11.1 Å². The van der Waals surface area contributed by atoms with Crippen molar-refractivity contribution in [2.75, 3.05) is 0 Å². The molecule has 2 nitrogen and oxygen atoms in total. The molecule has 0 spiro atoms. The van der Waals surface area contributed by atoms with Gasteiger partial charge >= 0.3 is 0 Å². The summed E-state index contributed by atoms with van der Waals surface area (Å²) in [4.78, 5) is 6.12. The zero-order valence-electron chi connectivity index (χ0n) is 9.26. The lowest BCUT2D eigenvalue weighted by Crippen LogP contribution is -1.83. The molecule has 0 saturated heterocycles. The first kappa shape index (κ1) is 12.5. The van der Waals surface area contributed by atoms with Crippen molar-refractivity contribution in [2.24, 2.45) is 0 Å². The van der Waals surface area contributed by atoms with Crippen molar-refractivity contribution in [3.63, 3.8) is 0 Å². The average molecular weight is 269 g/mol. The van der Waals surface area contributed by atoms with Crippen LogP contribution in [0.2, 0.25) is 0 Å². The topological polar surface area (TPSA) is 33.1 Å². The number of thiazole rings is 1. The van der Waals surface area contributed by atoms with E-state index in [-0.39, 0.29) is 5.82 Å². The first-order valence-corrected chi connectivity index (χ1v) is 6.96. The summed E-state index contributed by atoms with van der Waals surface area (Å²) in [5.74, 6) is 0.517. The van der Waals surface area contributed by atoms with E-state index in [4.69, 9.17) is 0 Å². The molecule has 90 valence electrons. The molecule has 1 unspecified atom stereocenters. The van der Waals surface area contributed by atoms with Gasteiger partial charge in [0.2, 0.25) is 0 Å². The van der Waals surface area contributed by atoms with Gasteiger partial charge in [0.15, 0.2) is 0 Å². The van der Waals surface area contributed by atoms with Crippen LogP contribution >= 0.6 is 23.1 Å². The first-order valence-electron chi connectivity index (χ1n) is 5.16. The monoisotopic (exact) mass is 269 g/mol. The number of nitrogens with zero attached hydrogens (tertiary/aromatic N) is 1. The lowest BCUT2D eigenvalue weighted by molar-refractivity contribution is 0.203. The third kappa shape index (κ3) is 3.52.